The Morgan fingerprint density at radius 3 is 2.14 bits per heavy atom. The molecule has 180 valence electrons. The molecule has 0 fully saturated rings. The number of H-pyrrole nitrogens is 1. The fourth-order valence-corrected chi connectivity index (χ4v) is 4.27. The Labute approximate surface area is 204 Å². The van der Waals surface area contributed by atoms with E-state index >= 15 is 0 Å². The van der Waals surface area contributed by atoms with Crippen LogP contribution in [0.3, 0.4) is 0 Å². The van der Waals surface area contributed by atoms with Crippen molar-refractivity contribution in [1.29, 1.82) is 0 Å². The van der Waals surface area contributed by atoms with Gasteiger partial charge in [-0.1, -0.05) is 32.0 Å². The number of pyridine rings is 1. The van der Waals surface area contributed by atoms with Gasteiger partial charge in [0.25, 0.3) is 17.2 Å². The Hall–Kier alpha value is -4.66. The number of carbonyl (C=O) groups is 2. The fourth-order valence-electron chi connectivity index (χ4n) is 4.27. The number of aromatic nitrogens is 3. The van der Waals surface area contributed by atoms with E-state index < -0.39 is 29.0 Å². The molecule has 7 nitrogen and oxygen atoms in total. The van der Waals surface area contributed by atoms with E-state index in [2.05, 4.69) is 5.10 Å². The lowest BCUT2D eigenvalue weighted by atomic mass is 9.98. The Morgan fingerprint density at radius 1 is 0.833 bits per heavy atom. The van der Waals surface area contributed by atoms with Gasteiger partial charge in [0.05, 0.1) is 16.9 Å². The van der Waals surface area contributed by atoms with Crippen molar-refractivity contribution < 1.29 is 22.9 Å². The van der Waals surface area contributed by atoms with Crippen LogP contribution in [0.1, 0.15) is 31.0 Å². The monoisotopic (exact) mass is 487 g/mol. The number of carbonyl (C=O) groups excluding carboxylic acids is 2. The minimum absolute atomic E-state index is 0.00197. The van der Waals surface area contributed by atoms with Gasteiger partial charge in [0.2, 0.25) is 0 Å². The minimum atomic E-state index is -0.819. The Morgan fingerprint density at radius 2 is 1.50 bits per heavy atom. The molecule has 1 aliphatic rings. The van der Waals surface area contributed by atoms with Crippen molar-refractivity contribution in [3.63, 3.8) is 0 Å². The van der Waals surface area contributed by atoms with Gasteiger partial charge in [-0.15, -0.1) is 0 Å². The second-order valence-electron chi connectivity index (χ2n) is 8.58. The molecular formula is C27H21F2N4O3+. The highest BCUT2D eigenvalue weighted by Gasteiger charge is 2.49. The first-order chi connectivity index (χ1) is 17.3. The standard InChI is InChI=1S/C27H20F2N4O3/c1-16(2)23-21(26(35)33(30-23)18-12-10-17(28)11-13-18)22-24(31-14-6-3-7-15-31)27(36)32(25(22)34)20-9-5-4-8-19(20)29/h3-16H,1-2H3/p+1. The van der Waals surface area contributed by atoms with Crippen molar-refractivity contribution in [2.45, 2.75) is 19.8 Å². The number of hydrogen-bond acceptors (Lipinski definition) is 3. The number of hydrogen-bond donors (Lipinski definition) is 1. The lowest BCUT2D eigenvalue weighted by Crippen LogP contribution is -2.39. The van der Waals surface area contributed by atoms with Gasteiger partial charge in [-0.2, -0.15) is 4.57 Å². The molecule has 0 bridgehead atoms. The molecule has 0 saturated heterocycles. The summed E-state index contributed by atoms with van der Waals surface area (Å²) >= 11 is 0. The molecule has 2 amide bonds. The lowest BCUT2D eigenvalue weighted by Gasteiger charge is -2.14. The first-order valence-electron chi connectivity index (χ1n) is 11.2. The summed E-state index contributed by atoms with van der Waals surface area (Å²) in [5, 5.41) is 3.02. The zero-order chi connectivity index (χ0) is 25.6. The zero-order valence-corrected chi connectivity index (χ0v) is 19.4. The molecule has 0 spiro atoms. The normalized spacial score (nSPS) is 13.9. The third kappa shape index (κ3) is 3.65. The first-order valence-corrected chi connectivity index (χ1v) is 11.2. The van der Waals surface area contributed by atoms with Crippen LogP contribution in [0.4, 0.5) is 14.5 Å². The molecule has 9 heteroatoms. The fraction of sp³-hybridized carbons (Fsp3) is 0.111. The minimum Gasteiger partial charge on any atom is -0.294 e. The van der Waals surface area contributed by atoms with Crippen LogP contribution in [0, 0.1) is 11.6 Å². The second-order valence-corrected chi connectivity index (χ2v) is 8.58. The van der Waals surface area contributed by atoms with E-state index in [-0.39, 0.29) is 28.4 Å². The third-order valence-electron chi connectivity index (χ3n) is 5.96. The quantitative estimate of drug-likeness (QED) is 0.344. The van der Waals surface area contributed by atoms with Crippen LogP contribution in [0.5, 0.6) is 0 Å². The van der Waals surface area contributed by atoms with Crippen LogP contribution in [-0.4, -0.2) is 21.6 Å². The number of nitrogens with zero attached hydrogens (tertiary/aromatic N) is 3. The summed E-state index contributed by atoms with van der Waals surface area (Å²) in [6.45, 7) is 3.66. The number of imide groups is 1. The smallest absolute Gasteiger partial charge is 0.294 e. The molecule has 0 unspecified atom stereocenters. The van der Waals surface area contributed by atoms with Crippen molar-refractivity contribution in [2.24, 2.45) is 0 Å². The Kier molecular flexibility index (Phi) is 5.68. The maximum atomic E-state index is 14.7. The molecule has 1 N–H and O–H groups in total. The number of anilines is 1. The van der Waals surface area contributed by atoms with E-state index in [1.165, 1.54) is 51.7 Å². The van der Waals surface area contributed by atoms with Gasteiger partial charge in [-0.3, -0.25) is 19.5 Å². The molecule has 0 saturated carbocycles. The van der Waals surface area contributed by atoms with Crippen LogP contribution >= 0.6 is 0 Å². The molecule has 0 atom stereocenters. The maximum absolute atomic E-state index is 14.7. The van der Waals surface area contributed by atoms with E-state index in [0.717, 1.165) is 11.0 Å². The molecule has 2 aromatic carbocycles. The van der Waals surface area contributed by atoms with E-state index in [1.807, 2.05) is 13.8 Å². The van der Waals surface area contributed by atoms with Gasteiger partial charge in [0, 0.05) is 17.8 Å². The number of halogens is 2. The van der Waals surface area contributed by atoms with Crippen LogP contribution < -0.4 is 15.0 Å². The van der Waals surface area contributed by atoms with Crippen LogP contribution in [0.15, 0.2) is 83.9 Å². The van der Waals surface area contributed by atoms with Crippen molar-refractivity contribution in [3.8, 4) is 5.69 Å². The summed E-state index contributed by atoms with van der Waals surface area (Å²) in [6.07, 6.45) is 3.15. The lowest BCUT2D eigenvalue weighted by molar-refractivity contribution is -0.576. The number of rotatable bonds is 5. The predicted molar refractivity (Wildman–Crippen MR) is 129 cm³/mol. The second kappa shape index (κ2) is 8.84. The van der Waals surface area contributed by atoms with Crippen LogP contribution in [-0.2, 0) is 9.59 Å². The topological polar surface area (TPSA) is 79.1 Å². The van der Waals surface area contributed by atoms with Crippen molar-refractivity contribution >= 4 is 28.8 Å². The highest BCUT2D eigenvalue weighted by atomic mass is 19.1. The first kappa shape index (κ1) is 23.1. The van der Waals surface area contributed by atoms with E-state index in [1.54, 1.807) is 30.6 Å². The number of para-hydroxylation sites is 1. The summed E-state index contributed by atoms with van der Waals surface area (Å²) in [5.74, 6) is -3.06. The summed E-state index contributed by atoms with van der Waals surface area (Å²) < 4.78 is 30.9. The molecule has 4 aromatic rings. The SMILES string of the molecule is CC(C)c1[nH]n(-c2ccc(F)cc2)c(=O)c1C1=C([n+]2ccccc2)C(=O)N(c2ccccc2F)C1=O. The molecule has 0 aliphatic carbocycles. The average molecular weight is 487 g/mol. The maximum Gasteiger partial charge on any atom is 0.331 e. The van der Waals surface area contributed by atoms with E-state index in [4.69, 9.17) is 0 Å². The van der Waals surface area contributed by atoms with Gasteiger partial charge in [-0.25, -0.2) is 18.4 Å². The molecule has 1 aliphatic heterocycles. The van der Waals surface area contributed by atoms with Gasteiger partial charge in [-0.05, 0) is 42.3 Å². The van der Waals surface area contributed by atoms with Crippen molar-refractivity contribution in [3.05, 3.63) is 112 Å². The number of nitrogens with one attached hydrogen (secondary N) is 1. The highest BCUT2D eigenvalue weighted by molar-refractivity contribution is 6.53. The Bertz CT molecular complexity index is 1590. The largest absolute Gasteiger partial charge is 0.331 e. The number of benzene rings is 2. The molecule has 5 rings (SSSR count). The molecule has 0 radical (unpaired) electrons. The van der Waals surface area contributed by atoms with Crippen molar-refractivity contribution in [2.75, 3.05) is 4.90 Å². The van der Waals surface area contributed by atoms with E-state index in [9.17, 15) is 23.2 Å². The predicted octanol–water partition coefficient (Wildman–Crippen LogP) is 3.80. The summed E-state index contributed by atoms with van der Waals surface area (Å²) in [7, 11) is 0. The molecule has 2 aromatic heterocycles. The molecule has 36 heavy (non-hydrogen) atoms. The summed E-state index contributed by atoms with van der Waals surface area (Å²) in [5.41, 5.74) is -0.268. The number of amides is 2. The molecule has 3 heterocycles. The summed E-state index contributed by atoms with van der Waals surface area (Å²) in [4.78, 5) is 42.0. The highest BCUT2D eigenvalue weighted by Crippen LogP contribution is 2.35. The van der Waals surface area contributed by atoms with Gasteiger partial charge >= 0.3 is 5.91 Å². The van der Waals surface area contributed by atoms with Gasteiger partial charge in [0.15, 0.2) is 12.4 Å². The molecular weight excluding hydrogens is 466 g/mol. The van der Waals surface area contributed by atoms with Gasteiger partial charge in [0.1, 0.15) is 17.2 Å². The third-order valence-corrected chi connectivity index (χ3v) is 5.96. The Balaban J connectivity index is 1.80. The van der Waals surface area contributed by atoms with Crippen LogP contribution in [0.25, 0.3) is 17.0 Å². The number of aromatic amines is 1. The zero-order valence-electron chi connectivity index (χ0n) is 19.4. The van der Waals surface area contributed by atoms with Crippen LogP contribution in [0.2, 0.25) is 0 Å². The van der Waals surface area contributed by atoms with Crippen molar-refractivity contribution in [1.82, 2.24) is 9.78 Å². The summed E-state index contributed by atoms with van der Waals surface area (Å²) in [6, 6.07) is 15.8. The average Bonchev–Trinajstić information content (AvgIpc) is 3.33. The van der Waals surface area contributed by atoms with E-state index in [0.29, 0.717) is 11.4 Å². The van der Waals surface area contributed by atoms with Gasteiger partial charge < -0.3 is 0 Å².